The summed E-state index contributed by atoms with van der Waals surface area (Å²) >= 11 is 3.76. The van der Waals surface area contributed by atoms with Crippen molar-refractivity contribution in [3.05, 3.63) is 233 Å². The summed E-state index contributed by atoms with van der Waals surface area (Å²) in [6, 6.07) is 64.1. The van der Waals surface area contributed by atoms with Gasteiger partial charge in [-0.15, -0.1) is 0 Å². The topological polar surface area (TPSA) is 3.24 Å². The summed E-state index contributed by atoms with van der Waals surface area (Å²) in [5, 5.41) is 0. The molecule has 2 aliphatic rings. The van der Waals surface area contributed by atoms with E-state index in [0.717, 1.165) is 34.4 Å². The van der Waals surface area contributed by atoms with Crippen molar-refractivity contribution in [3.63, 3.8) is 0 Å². The predicted molar refractivity (Wildman–Crippen MR) is 227 cm³/mol. The third-order valence-corrected chi connectivity index (χ3v) is 11.4. The Morgan fingerprint density at radius 2 is 1.02 bits per heavy atom. The summed E-state index contributed by atoms with van der Waals surface area (Å²) in [6.07, 6.45) is 13.7. The molecule has 0 saturated heterocycles. The van der Waals surface area contributed by atoms with Gasteiger partial charge in [0.1, 0.15) is 0 Å². The van der Waals surface area contributed by atoms with Crippen LogP contribution in [0, 0.1) is 0 Å². The first kappa shape index (κ1) is 32.9. The van der Waals surface area contributed by atoms with Gasteiger partial charge in [0, 0.05) is 21.5 Å². The van der Waals surface area contributed by atoms with E-state index in [1.807, 2.05) is 0 Å². The molecule has 0 heterocycles. The van der Waals surface area contributed by atoms with Gasteiger partial charge in [0.05, 0.1) is 5.41 Å². The Balaban J connectivity index is 1.23. The number of allylic oxidation sites excluding steroid dienone is 6. The Kier molecular flexibility index (Phi) is 8.83. The Morgan fingerprint density at radius 3 is 1.75 bits per heavy atom. The Morgan fingerprint density at radius 1 is 0.453 bits per heavy atom. The van der Waals surface area contributed by atoms with Crippen LogP contribution in [0.15, 0.2) is 216 Å². The number of nitrogens with zero attached hydrogens (tertiary/aromatic N) is 1. The average Bonchev–Trinajstić information content (AvgIpc) is 3.50. The van der Waals surface area contributed by atoms with Crippen molar-refractivity contribution in [1.29, 1.82) is 0 Å². The van der Waals surface area contributed by atoms with Crippen molar-refractivity contribution < 1.29 is 0 Å². The molecule has 9 rings (SSSR count). The zero-order valence-electron chi connectivity index (χ0n) is 29.4. The fourth-order valence-electron chi connectivity index (χ4n) is 8.23. The minimum Gasteiger partial charge on any atom is -0.310 e. The first-order valence-corrected chi connectivity index (χ1v) is 19.2. The van der Waals surface area contributed by atoms with E-state index in [0.29, 0.717) is 0 Å². The number of fused-ring (bicyclic) bond motifs is 3. The van der Waals surface area contributed by atoms with Gasteiger partial charge in [0.25, 0.3) is 0 Å². The predicted octanol–water partition coefficient (Wildman–Crippen LogP) is 14.4. The van der Waals surface area contributed by atoms with E-state index in [1.165, 1.54) is 55.6 Å². The summed E-state index contributed by atoms with van der Waals surface area (Å²) in [7, 11) is 0. The molecule has 1 atom stereocenters. The molecule has 0 amide bonds. The van der Waals surface area contributed by atoms with Gasteiger partial charge in [-0.2, -0.15) is 0 Å². The van der Waals surface area contributed by atoms with Gasteiger partial charge in [-0.3, -0.25) is 0 Å². The van der Waals surface area contributed by atoms with Crippen LogP contribution < -0.4 is 4.90 Å². The molecular formula is C51H38BrN. The minimum atomic E-state index is -0.448. The Hall–Kier alpha value is -5.96. The summed E-state index contributed by atoms with van der Waals surface area (Å²) in [5.74, 6) is 0. The standard InChI is InChI=1S/C51H38BrN/c52-50-25-15-13-22-45(50)39-28-32-43(33-29-39)53(42-30-26-38(27-31-42)37-16-6-4-7-17-37)44-34-35-49-47(36-44)46-23-12-14-24-48(46)51(49,41-20-10-5-11-21-41)40-18-8-2-1-3-9-19-40/h2,4-36H,1,3H2/b8-2-,19-9?,40-18+. The molecule has 1 unspecified atom stereocenters. The van der Waals surface area contributed by atoms with E-state index in [4.69, 9.17) is 0 Å². The molecule has 0 N–H and O–H groups in total. The van der Waals surface area contributed by atoms with Crippen LogP contribution in [0.1, 0.15) is 29.5 Å². The Labute approximate surface area is 321 Å². The summed E-state index contributed by atoms with van der Waals surface area (Å²) < 4.78 is 1.09. The molecule has 0 fully saturated rings. The fourth-order valence-corrected chi connectivity index (χ4v) is 8.74. The molecule has 254 valence electrons. The largest absolute Gasteiger partial charge is 0.310 e. The van der Waals surface area contributed by atoms with Crippen molar-refractivity contribution in [3.8, 4) is 33.4 Å². The van der Waals surface area contributed by atoms with Gasteiger partial charge < -0.3 is 4.90 Å². The van der Waals surface area contributed by atoms with E-state index in [9.17, 15) is 0 Å². The lowest BCUT2D eigenvalue weighted by molar-refractivity contribution is 0.765. The van der Waals surface area contributed by atoms with Crippen molar-refractivity contribution >= 4 is 33.0 Å². The quantitative estimate of drug-likeness (QED) is 0.157. The summed E-state index contributed by atoms with van der Waals surface area (Å²) in [4.78, 5) is 2.39. The van der Waals surface area contributed by atoms with E-state index in [-0.39, 0.29) is 0 Å². The Bertz CT molecular complexity index is 2490. The van der Waals surface area contributed by atoms with Crippen LogP contribution in [0.25, 0.3) is 33.4 Å². The molecule has 0 spiro atoms. The molecule has 7 aromatic rings. The molecule has 0 saturated carbocycles. The zero-order valence-corrected chi connectivity index (χ0v) is 31.0. The molecule has 1 nitrogen and oxygen atoms in total. The molecule has 2 heteroatoms. The lowest BCUT2D eigenvalue weighted by atomic mass is 9.66. The number of hydrogen-bond acceptors (Lipinski definition) is 1. The number of hydrogen-bond donors (Lipinski definition) is 0. The van der Waals surface area contributed by atoms with Gasteiger partial charge in [0.15, 0.2) is 0 Å². The van der Waals surface area contributed by atoms with Crippen LogP contribution >= 0.6 is 15.9 Å². The first-order chi connectivity index (χ1) is 26.2. The molecule has 0 radical (unpaired) electrons. The van der Waals surface area contributed by atoms with Crippen LogP contribution in [0.3, 0.4) is 0 Å². The average molecular weight is 745 g/mol. The van der Waals surface area contributed by atoms with Gasteiger partial charge in [-0.05, 0) is 111 Å². The molecule has 0 bridgehead atoms. The minimum absolute atomic E-state index is 0.448. The van der Waals surface area contributed by atoms with Gasteiger partial charge in [-0.1, -0.05) is 180 Å². The summed E-state index contributed by atoms with van der Waals surface area (Å²) in [6.45, 7) is 0. The fraction of sp³-hybridized carbons (Fsp3) is 0.0588. The second-order valence-corrected chi connectivity index (χ2v) is 14.6. The first-order valence-electron chi connectivity index (χ1n) is 18.4. The lowest BCUT2D eigenvalue weighted by Gasteiger charge is -2.35. The molecule has 7 aromatic carbocycles. The highest BCUT2D eigenvalue weighted by molar-refractivity contribution is 9.10. The van der Waals surface area contributed by atoms with Crippen molar-refractivity contribution in [2.24, 2.45) is 0 Å². The van der Waals surface area contributed by atoms with Crippen LogP contribution in [-0.4, -0.2) is 0 Å². The number of benzene rings is 7. The van der Waals surface area contributed by atoms with Crippen molar-refractivity contribution in [1.82, 2.24) is 0 Å². The van der Waals surface area contributed by atoms with Crippen LogP contribution in [-0.2, 0) is 5.41 Å². The van der Waals surface area contributed by atoms with E-state index in [2.05, 4.69) is 227 Å². The maximum Gasteiger partial charge on any atom is 0.0713 e. The molecule has 0 aromatic heterocycles. The number of halogens is 1. The number of rotatable bonds is 7. The van der Waals surface area contributed by atoms with E-state index < -0.39 is 5.41 Å². The third kappa shape index (κ3) is 5.90. The SMILES string of the molecule is Brc1ccccc1-c1ccc(N(c2ccc(-c3ccccc3)cc2)c2ccc3c(c2)-c2ccccc2C3(/C2=C/C=C\CCC=C2)c2ccccc2)cc1. The van der Waals surface area contributed by atoms with Crippen LogP contribution in [0.2, 0.25) is 0 Å². The van der Waals surface area contributed by atoms with Crippen LogP contribution in [0.5, 0.6) is 0 Å². The maximum atomic E-state index is 3.76. The lowest BCUT2D eigenvalue weighted by Crippen LogP contribution is -2.29. The van der Waals surface area contributed by atoms with Gasteiger partial charge in [0.2, 0.25) is 0 Å². The number of anilines is 3. The highest BCUT2D eigenvalue weighted by atomic mass is 79.9. The highest BCUT2D eigenvalue weighted by Gasteiger charge is 2.46. The smallest absolute Gasteiger partial charge is 0.0713 e. The molecule has 0 aliphatic heterocycles. The zero-order chi connectivity index (χ0) is 35.6. The molecule has 53 heavy (non-hydrogen) atoms. The van der Waals surface area contributed by atoms with E-state index in [1.54, 1.807) is 0 Å². The third-order valence-electron chi connectivity index (χ3n) is 10.7. The van der Waals surface area contributed by atoms with E-state index >= 15 is 0 Å². The second-order valence-electron chi connectivity index (χ2n) is 13.7. The van der Waals surface area contributed by atoms with Gasteiger partial charge in [-0.25, -0.2) is 0 Å². The maximum absolute atomic E-state index is 3.76. The summed E-state index contributed by atoms with van der Waals surface area (Å²) in [5.41, 5.74) is 15.4. The van der Waals surface area contributed by atoms with Crippen LogP contribution in [0.4, 0.5) is 17.1 Å². The van der Waals surface area contributed by atoms with Crippen molar-refractivity contribution in [2.45, 2.75) is 18.3 Å². The second kappa shape index (κ2) is 14.2. The normalized spacial score (nSPS) is 17.5. The van der Waals surface area contributed by atoms with Crippen molar-refractivity contribution in [2.75, 3.05) is 4.90 Å². The van der Waals surface area contributed by atoms with Gasteiger partial charge >= 0.3 is 0 Å². The molecule has 2 aliphatic carbocycles. The monoisotopic (exact) mass is 743 g/mol. The molecular weight excluding hydrogens is 706 g/mol. The highest BCUT2D eigenvalue weighted by Crippen LogP contribution is 2.57.